The van der Waals surface area contributed by atoms with Crippen LogP contribution in [0.3, 0.4) is 0 Å². The van der Waals surface area contributed by atoms with Gasteiger partial charge >= 0.3 is 0 Å². The Balaban J connectivity index is 1.24. The summed E-state index contributed by atoms with van der Waals surface area (Å²) in [5.41, 5.74) is 4.03. The molecule has 1 aliphatic heterocycles. The van der Waals surface area contributed by atoms with Crippen LogP contribution in [0.2, 0.25) is 0 Å². The van der Waals surface area contributed by atoms with Gasteiger partial charge < -0.3 is 14.6 Å². The largest absolute Gasteiger partial charge is 0.476 e. The number of hydrogen-bond acceptors (Lipinski definition) is 7. The average molecular weight is 337 g/mol. The van der Waals surface area contributed by atoms with Crippen LogP contribution in [0.5, 0.6) is 5.88 Å². The summed E-state index contributed by atoms with van der Waals surface area (Å²) >= 11 is 0. The Morgan fingerprint density at radius 2 is 2.20 bits per heavy atom. The molecule has 4 heterocycles. The summed E-state index contributed by atoms with van der Waals surface area (Å²) in [6.07, 6.45) is 7.60. The van der Waals surface area contributed by atoms with Crippen molar-refractivity contribution in [3.8, 4) is 5.88 Å². The number of H-pyrrole nitrogens is 1. The maximum absolute atomic E-state index is 5.92. The van der Waals surface area contributed by atoms with E-state index in [9.17, 15) is 0 Å². The predicted octanol–water partition coefficient (Wildman–Crippen LogP) is 1.54. The maximum atomic E-state index is 5.92. The highest BCUT2D eigenvalue weighted by atomic mass is 16.5. The summed E-state index contributed by atoms with van der Waals surface area (Å²) in [6.45, 7) is 2.51. The molecular formula is C17H19N7O. The maximum Gasteiger partial charge on any atom is 0.233 e. The summed E-state index contributed by atoms with van der Waals surface area (Å²) in [4.78, 5) is 18.2. The molecule has 0 bridgehead atoms. The number of aryl methyl sites for hydroxylation is 2. The number of aromatic nitrogens is 6. The molecule has 8 nitrogen and oxygen atoms in total. The highest BCUT2D eigenvalue weighted by Crippen LogP contribution is 2.27. The van der Waals surface area contributed by atoms with E-state index in [4.69, 9.17) is 4.74 Å². The van der Waals surface area contributed by atoms with E-state index in [0.29, 0.717) is 24.1 Å². The summed E-state index contributed by atoms with van der Waals surface area (Å²) < 4.78 is 5.92. The molecule has 0 amide bonds. The molecule has 1 fully saturated rings. The Labute approximate surface area is 144 Å². The molecule has 5 rings (SSSR count). The standard InChI is InChI=1S/C17H19N7O/c1-2-12-6-14(23-22-13(12)3-1)25-8-11-4-5-24(7-11)17-15-16(19-9-18-15)20-10-21-17/h6,9-11H,1-5,7-8H2,(H,18,19,20,21). The van der Waals surface area contributed by atoms with Crippen LogP contribution in [-0.2, 0) is 12.8 Å². The number of rotatable bonds is 4. The third kappa shape index (κ3) is 2.67. The molecule has 128 valence electrons. The number of aromatic amines is 1. The lowest BCUT2D eigenvalue weighted by molar-refractivity contribution is 0.249. The van der Waals surface area contributed by atoms with E-state index in [2.05, 4.69) is 41.1 Å². The monoisotopic (exact) mass is 337 g/mol. The van der Waals surface area contributed by atoms with Gasteiger partial charge in [-0.25, -0.2) is 15.0 Å². The van der Waals surface area contributed by atoms with Crippen molar-refractivity contribution in [1.29, 1.82) is 0 Å². The smallest absolute Gasteiger partial charge is 0.233 e. The van der Waals surface area contributed by atoms with Gasteiger partial charge in [0, 0.05) is 25.1 Å². The van der Waals surface area contributed by atoms with Crippen molar-refractivity contribution in [3.63, 3.8) is 0 Å². The minimum atomic E-state index is 0.447. The van der Waals surface area contributed by atoms with Gasteiger partial charge in [0.15, 0.2) is 11.5 Å². The Morgan fingerprint density at radius 3 is 3.20 bits per heavy atom. The first-order valence-electron chi connectivity index (χ1n) is 8.74. The number of nitrogens with zero attached hydrogens (tertiary/aromatic N) is 6. The van der Waals surface area contributed by atoms with Crippen molar-refractivity contribution in [3.05, 3.63) is 30.0 Å². The first kappa shape index (κ1) is 14.6. The second-order valence-corrected chi connectivity index (χ2v) is 6.72. The highest BCUT2D eigenvalue weighted by molar-refractivity contribution is 5.82. The number of fused-ring (bicyclic) bond motifs is 2. The zero-order valence-electron chi connectivity index (χ0n) is 13.9. The second kappa shape index (κ2) is 5.94. The summed E-state index contributed by atoms with van der Waals surface area (Å²) in [7, 11) is 0. The minimum absolute atomic E-state index is 0.447. The van der Waals surface area contributed by atoms with E-state index >= 15 is 0 Å². The van der Waals surface area contributed by atoms with Gasteiger partial charge in [-0.2, -0.15) is 5.10 Å². The number of ether oxygens (including phenoxy) is 1. The molecule has 25 heavy (non-hydrogen) atoms. The fourth-order valence-corrected chi connectivity index (χ4v) is 3.74. The molecule has 2 aliphatic rings. The SMILES string of the molecule is c1nc(N2CCC(COc3cc4c(nn3)CCC4)C2)c2[nH]cnc2n1. The van der Waals surface area contributed by atoms with Crippen LogP contribution >= 0.6 is 0 Å². The van der Waals surface area contributed by atoms with Gasteiger partial charge in [0.05, 0.1) is 18.6 Å². The molecule has 3 aromatic rings. The lowest BCUT2D eigenvalue weighted by Gasteiger charge is -2.17. The fraction of sp³-hybridized carbons (Fsp3) is 0.471. The Hall–Kier alpha value is -2.77. The van der Waals surface area contributed by atoms with Crippen LogP contribution in [0.15, 0.2) is 18.7 Å². The third-order valence-corrected chi connectivity index (χ3v) is 5.05. The average Bonchev–Trinajstić information content (AvgIpc) is 3.38. The van der Waals surface area contributed by atoms with Gasteiger partial charge in [-0.15, -0.1) is 5.10 Å². The van der Waals surface area contributed by atoms with E-state index < -0.39 is 0 Å². The lowest BCUT2D eigenvalue weighted by atomic mass is 10.1. The molecule has 1 unspecified atom stereocenters. The summed E-state index contributed by atoms with van der Waals surface area (Å²) in [5, 5.41) is 8.48. The molecule has 0 aromatic carbocycles. The van der Waals surface area contributed by atoms with Crippen LogP contribution in [-0.4, -0.2) is 49.8 Å². The molecule has 1 atom stereocenters. The Kier molecular flexibility index (Phi) is 3.46. The van der Waals surface area contributed by atoms with E-state index in [1.54, 1.807) is 12.7 Å². The van der Waals surface area contributed by atoms with Gasteiger partial charge in [0.25, 0.3) is 0 Å². The first-order chi connectivity index (χ1) is 12.4. The van der Waals surface area contributed by atoms with Crippen LogP contribution in [0, 0.1) is 5.92 Å². The molecule has 3 aromatic heterocycles. The lowest BCUT2D eigenvalue weighted by Crippen LogP contribution is -2.23. The topological polar surface area (TPSA) is 92.7 Å². The van der Waals surface area contributed by atoms with Crippen molar-refractivity contribution in [2.75, 3.05) is 24.6 Å². The van der Waals surface area contributed by atoms with Crippen molar-refractivity contribution in [2.45, 2.75) is 25.7 Å². The van der Waals surface area contributed by atoms with Crippen LogP contribution in [0.25, 0.3) is 11.2 Å². The number of hydrogen-bond donors (Lipinski definition) is 1. The van der Waals surface area contributed by atoms with Gasteiger partial charge in [-0.05, 0) is 31.2 Å². The number of imidazole rings is 1. The van der Waals surface area contributed by atoms with Gasteiger partial charge in [0.2, 0.25) is 5.88 Å². The molecule has 0 spiro atoms. The van der Waals surface area contributed by atoms with E-state index in [0.717, 1.165) is 49.4 Å². The van der Waals surface area contributed by atoms with E-state index in [1.165, 1.54) is 12.0 Å². The highest BCUT2D eigenvalue weighted by Gasteiger charge is 2.26. The number of anilines is 1. The molecule has 0 saturated carbocycles. The van der Waals surface area contributed by atoms with Crippen LogP contribution in [0.4, 0.5) is 5.82 Å². The Bertz CT molecular complexity index is 909. The molecule has 1 N–H and O–H groups in total. The zero-order chi connectivity index (χ0) is 16.6. The van der Waals surface area contributed by atoms with Crippen LogP contribution in [0.1, 0.15) is 24.1 Å². The second-order valence-electron chi connectivity index (χ2n) is 6.72. The van der Waals surface area contributed by atoms with Crippen molar-refractivity contribution in [1.82, 2.24) is 30.1 Å². The summed E-state index contributed by atoms with van der Waals surface area (Å²) in [5.74, 6) is 2.02. The van der Waals surface area contributed by atoms with E-state index in [-0.39, 0.29) is 0 Å². The summed E-state index contributed by atoms with van der Waals surface area (Å²) in [6, 6.07) is 2.06. The van der Waals surface area contributed by atoms with Crippen molar-refractivity contribution >= 4 is 17.0 Å². The van der Waals surface area contributed by atoms with Crippen molar-refractivity contribution < 1.29 is 4.74 Å². The zero-order valence-corrected chi connectivity index (χ0v) is 13.9. The first-order valence-corrected chi connectivity index (χ1v) is 8.74. The van der Waals surface area contributed by atoms with E-state index in [1.807, 2.05) is 0 Å². The molecule has 8 heteroatoms. The van der Waals surface area contributed by atoms with Gasteiger partial charge in [-0.3, -0.25) is 0 Å². The van der Waals surface area contributed by atoms with Crippen LogP contribution < -0.4 is 9.64 Å². The quantitative estimate of drug-likeness (QED) is 0.772. The normalized spacial score (nSPS) is 19.5. The fourth-order valence-electron chi connectivity index (χ4n) is 3.74. The predicted molar refractivity (Wildman–Crippen MR) is 91.6 cm³/mol. The van der Waals surface area contributed by atoms with Crippen molar-refractivity contribution in [2.24, 2.45) is 5.92 Å². The number of nitrogens with one attached hydrogen (secondary N) is 1. The third-order valence-electron chi connectivity index (χ3n) is 5.05. The Morgan fingerprint density at radius 1 is 1.20 bits per heavy atom. The van der Waals surface area contributed by atoms with Gasteiger partial charge in [0.1, 0.15) is 11.8 Å². The molecular weight excluding hydrogens is 318 g/mol. The minimum Gasteiger partial charge on any atom is -0.476 e. The molecule has 0 radical (unpaired) electrons. The van der Waals surface area contributed by atoms with Gasteiger partial charge in [-0.1, -0.05) is 0 Å². The molecule has 1 aliphatic carbocycles. The molecule has 1 saturated heterocycles.